The predicted octanol–water partition coefficient (Wildman–Crippen LogP) is 1.64. The normalized spacial score (nSPS) is 25.5. The second kappa shape index (κ2) is 5.77. The highest BCUT2D eigenvalue weighted by Crippen LogP contribution is 2.28. The fraction of sp³-hybridized carbons (Fsp3) is 0.556. The number of H-pyrrole nitrogens is 1. The molecule has 1 aromatic heterocycles. The molecular weight excluding hydrogens is 304 g/mol. The van der Waals surface area contributed by atoms with Gasteiger partial charge in [0.15, 0.2) is 0 Å². The lowest BCUT2D eigenvalue weighted by Gasteiger charge is -2.37. The van der Waals surface area contributed by atoms with Crippen LogP contribution >= 0.6 is 0 Å². The fourth-order valence-electron chi connectivity index (χ4n) is 4.19. The summed E-state index contributed by atoms with van der Waals surface area (Å²) in [6, 6.07) is 7.95. The Morgan fingerprint density at radius 1 is 1.25 bits per heavy atom. The summed E-state index contributed by atoms with van der Waals surface area (Å²) in [5, 5.41) is 3.35. The summed E-state index contributed by atoms with van der Waals surface area (Å²) < 4.78 is 1.87. The van der Waals surface area contributed by atoms with Gasteiger partial charge >= 0.3 is 5.69 Å². The maximum atomic E-state index is 12.8. The molecule has 3 heterocycles. The molecule has 0 radical (unpaired) electrons. The van der Waals surface area contributed by atoms with Crippen LogP contribution in [0.15, 0.2) is 29.1 Å². The van der Waals surface area contributed by atoms with Crippen LogP contribution in [-0.4, -0.2) is 45.5 Å². The minimum absolute atomic E-state index is 0.0506. The van der Waals surface area contributed by atoms with Crippen LogP contribution < -0.4 is 11.0 Å². The van der Waals surface area contributed by atoms with E-state index in [0.29, 0.717) is 13.1 Å². The van der Waals surface area contributed by atoms with Crippen molar-refractivity contribution < 1.29 is 4.79 Å². The van der Waals surface area contributed by atoms with Crippen molar-refractivity contribution in [1.29, 1.82) is 0 Å². The van der Waals surface area contributed by atoms with Gasteiger partial charge in [-0.2, -0.15) is 0 Å². The lowest BCUT2D eigenvalue weighted by Crippen LogP contribution is -2.54. The van der Waals surface area contributed by atoms with E-state index < -0.39 is 5.54 Å². The van der Waals surface area contributed by atoms with Crippen LogP contribution in [0.4, 0.5) is 0 Å². The summed E-state index contributed by atoms with van der Waals surface area (Å²) in [6.45, 7) is 4.36. The minimum atomic E-state index is -0.398. The Balaban J connectivity index is 1.51. The first-order chi connectivity index (χ1) is 11.6. The Morgan fingerprint density at radius 3 is 2.71 bits per heavy atom. The number of rotatable bonds is 2. The first-order valence-corrected chi connectivity index (χ1v) is 8.82. The predicted molar refractivity (Wildman–Crippen MR) is 93.1 cm³/mol. The topological polar surface area (TPSA) is 70.1 Å². The fourth-order valence-corrected chi connectivity index (χ4v) is 4.19. The summed E-state index contributed by atoms with van der Waals surface area (Å²) in [5.74, 6) is 0.213. The van der Waals surface area contributed by atoms with E-state index in [1.54, 1.807) is 0 Å². The Morgan fingerprint density at radius 2 is 2.00 bits per heavy atom. The standard InChI is InChI=1S/C18H24N4O2/c1-18(9-4-10-19-18)16(23)21-11-7-13(8-12-21)22-15-6-3-2-5-14(15)20-17(22)24/h2-3,5-6,13,19H,4,7-12H2,1H3,(H,20,24). The molecule has 6 heteroatoms. The molecule has 2 N–H and O–H groups in total. The maximum absolute atomic E-state index is 12.8. The van der Waals surface area contributed by atoms with Crippen molar-refractivity contribution in [2.75, 3.05) is 19.6 Å². The molecule has 128 valence electrons. The Bertz CT molecular complexity index is 808. The molecule has 4 rings (SSSR count). The zero-order chi connectivity index (χ0) is 16.7. The van der Waals surface area contributed by atoms with E-state index in [1.807, 2.05) is 40.7 Å². The van der Waals surface area contributed by atoms with Crippen molar-refractivity contribution in [3.05, 3.63) is 34.7 Å². The third-order valence-corrected chi connectivity index (χ3v) is 5.58. The van der Waals surface area contributed by atoms with Crippen LogP contribution in [0.3, 0.4) is 0 Å². The first kappa shape index (κ1) is 15.4. The van der Waals surface area contributed by atoms with E-state index in [2.05, 4.69) is 10.3 Å². The number of likely N-dealkylation sites (tertiary alicyclic amines) is 1. The molecule has 0 bridgehead atoms. The van der Waals surface area contributed by atoms with Gasteiger partial charge in [0, 0.05) is 19.1 Å². The number of hydrogen-bond acceptors (Lipinski definition) is 3. The molecule has 2 aliphatic rings. The summed E-state index contributed by atoms with van der Waals surface area (Å²) in [7, 11) is 0. The van der Waals surface area contributed by atoms with E-state index in [4.69, 9.17) is 0 Å². The van der Waals surface area contributed by atoms with Crippen molar-refractivity contribution in [1.82, 2.24) is 19.8 Å². The van der Waals surface area contributed by atoms with Gasteiger partial charge < -0.3 is 15.2 Å². The van der Waals surface area contributed by atoms with Crippen LogP contribution in [0.2, 0.25) is 0 Å². The molecule has 2 aliphatic heterocycles. The molecule has 24 heavy (non-hydrogen) atoms. The minimum Gasteiger partial charge on any atom is -0.341 e. The van der Waals surface area contributed by atoms with Crippen LogP contribution in [0.5, 0.6) is 0 Å². The van der Waals surface area contributed by atoms with Gasteiger partial charge in [0.05, 0.1) is 16.6 Å². The van der Waals surface area contributed by atoms with E-state index in [-0.39, 0.29) is 17.6 Å². The van der Waals surface area contributed by atoms with Gasteiger partial charge in [0.25, 0.3) is 0 Å². The summed E-state index contributed by atoms with van der Waals surface area (Å²) >= 11 is 0. The number of piperidine rings is 1. The third kappa shape index (κ3) is 2.45. The number of amides is 1. The molecule has 1 unspecified atom stereocenters. The van der Waals surface area contributed by atoms with Crippen LogP contribution in [0, 0.1) is 0 Å². The SMILES string of the molecule is CC1(C(=O)N2CCC(n3c(=O)[nH]c4ccccc43)CC2)CCCN1. The third-order valence-electron chi connectivity index (χ3n) is 5.58. The molecule has 1 aromatic carbocycles. The second-order valence-electron chi connectivity index (χ2n) is 7.20. The molecule has 2 aromatic rings. The van der Waals surface area contributed by atoms with Crippen molar-refractivity contribution >= 4 is 16.9 Å². The number of para-hydroxylation sites is 2. The van der Waals surface area contributed by atoms with E-state index in [9.17, 15) is 9.59 Å². The Kier molecular flexibility index (Phi) is 3.72. The number of carbonyl (C=O) groups excluding carboxylic acids is 1. The van der Waals surface area contributed by atoms with Crippen LogP contribution in [-0.2, 0) is 4.79 Å². The molecule has 1 amide bonds. The van der Waals surface area contributed by atoms with Crippen molar-refractivity contribution in [3.8, 4) is 0 Å². The summed E-state index contributed by atoms with van der Waals surface area (Å²) in [6.07, 6.45) is 3.62. The number of aromatic amines is 1. The van der Waals surface area contributed by atoms with Crippen molar-refractivity contribution in [2.45, 2.75) is 44.2 Å². The molecule has 1 atom stereocenters. The van der Waals surface area contributed by atoms with Crippen molar-refractivity contribution in [3.63, 3.8) is 0 Å². The monoisotopic (exact) mass is 328 g/mol. The van der Waals surface area contributed by atoms with Gasteiger partial charge in [-0.05, 0) is 51.3 Å². The summed E-state index contributed by atoms with van der Waals surface area (Å²) in [5.41, 5.74) is 1.38. The molecule has 0 aliphatic carbocycles. The first-order valence-electron chi connectivity index (χ1n) is 8.82. The zero-order valence-electron chi connectivity index (χ0n) is 14.0. The number of hydrogen-bond donors (Lipinski definition) is 2. The summed E-state index contributed by atoms with van der Waals surface area (Å²) in [4.78, 5) is 30.0. The van der Waals surface area contributed by atoms with Gasteiger partial charge in [-0.15, -0.1) is 0 Å². The Labute approximate surface area is 140 Å². The van der Waals surface area contributed by atoms with Gasteiger partial charge in [-0.25, -0.2) is 4.79 Å². The molecule has 0 spiro atoms. The number of nitrogens with zero attached hydrogens (tertiary/aromatic N) is 2. The van der Waals surface area contributed by atoms with Crippen LogP contribution in [0.1, 0.15) is 38.6 Å². The molecule has 2 saturated heterocycles. The smallest absolute Gasteiger partial charge is 0.326 e. The highest BCUT2D eigenvalue weighted by atomic mass is 16.2. The number of imidazole rings is 1. The number of nitrogens with one attached hydrogen (secondary N) is 2. The lowest BCUT2D eigenvalue weighted by molar-refractivity contribution is -0.138. The quantitative estimate of drug-likeness (QED) is 0.880. The number of benzene rings is 1. The van der Waals surface area contributed by atoms with Crippen molar-refractivity contribution in [2.24, 2.45) is 0 Å². The van der Waals surface area contributed by atoms with E-state index in [1.165, 1.54) is 0 Å². The zero-order valence-corrected chi connectivity index (χ0v) is 14.0. The second-order valence-corrected chi connectivity index (χ2v) is 7.20. The molecule has 0 saturated carbocycles. The highest BCUT2D eigenvalue weighted by molar-refractivity contribution is 5.86. The molecule has 2 fully saturated rings. The average molecular weight is 328 g/mol. The largest absolute Gasteiger partial charge is 0.341 e. The molecule has 6 nitrogen and oxygen atoms in total. The number of aromatic nitrogens is 2. The number of fused-ring (bicyclic) bond motifs is 1. The maximum Gasteiger partial charge on any atom is 0.326 e. The van der Waals surface area contributed by atoms with Crippen LogP contribution in [0.25, 0.3) is 11.0 Å². The highest BCUT2D eigenvalue weighted by Gasteiger charge is 2.40. The van der Waals surface area contributed by atoms with Gasteiger partial charge in [-0.3, -0.25) is 9.36 Å². The number of carbonyl (C=O) groups is 1. The van der Waals surface area contributed by atoms with E-state index in [0.717, 1.165) is 43.3 Å². The van der Waals surface area contributed by atoms with Gasteiger partial charge in [0.1, 0.15) is 0 Å². The lowest BCUT2D eigenvalue weighted by atomic mass is 9.96. The van der Waals surface area contributed by atoms with Gasteiger partial charge in [0.2, 0.25) is 5.91 Å². The van der Waals surface area contributed by atoms with Gasteiger partial charge in [-0.1, -0.05) is 12.1 Å². The van der Waals surface area contributed by atoms with E-state index >= 15 is 0 Å². The Hall–Kier alpha value is -2.08. The molecular formula is C18H24N4O2. The average Bonchev–Trinajstić information content (AvgIpc) is 3.18.